The highest BCUT2D eigenvalue weighted by atomic mass is 35.5. The van der Waals surface area contributed by atoms with Crippen LogP contribution in [0, 0.1) is 5.82 Å². The first-order valence-electron chi connectivity index (χ1n) is 5.89. The smallest absolute Gasteiger partial charge is 0.338 e. The third-order valence-corrected chi connectivity index (χ3v) is 3.29. The first-order chi connectivity index (χ1) is 9.10. The average Bonchev–Trinajstić information content (AvgIpc) is 2.81. The normalized spacial score (nSPS) is 18.5. The van der Waals surface area contributed by atoms with Crippen LogP contribution in [0.4, 0.5) is 14.9 Å². The molecule has 0 unspecified atom stereocenters. The Morgan fingerprint density at radius 3 is 3.05 bits per heavy atom. The molecule has 0 spiro atoms. The van der Waals surface area contributed by atoms with E-state index in [4.69, 9.17) is 11.6 Å². The summed E-state index contributed by atoms with van der Waals surface area (Å²) in [5.41, 5.74) is 2.96. The Morgan fingerprint density at radius 1 is 1.58 bits per heavy atom. The molecule has 1 aromatic carbocycles. The number of rotatable bonds is 3. The van der Waals surface area contributed by atoms with Gasteiger partial charge in [-0.1, -0.05) is 11.6 Å². The van der Waals surface area contributed by atoms with Crippen LogP contribution >= 0.6 is 11.6 Å². The van der Waals surface area contributed by atoms with Crippen LogP contribution in [0.25, 0.3) is 0 Å². The number of hydrogen-bond donors (Lipinski definition) is 2. The van der Waals surface area contributed by atoms with Gasteiger partial charge < -0.3 is 10.2 Å². The number of carbonyl (C=O) groups excluding carboxylic acids is 1. The lowest BCUT2D eigenvalue weighted by Gasteiger charge is -2.19. The van der Waals surface area contributed by atoms with E-state index in [0.717, 1.165) is 18.7 Å². The predicted octanol–water partition coefficient (Wildman–Crippen LogP) is 1.92. The van der Waals surface area contributed by atoms with E-state index >= 15 is 0 Å². The van der Waals surface area contributed by atoms with E-state index in [0.29, 0.717) is 6.54 Å². The van der Waals surface area contributed by atoms with Crippen molar-refractivity contribution in [2.24, 2.45) is 0 Å². The van der Waals surface area contributed by atoms with Crippen molar-refractivity contribution >= 4 is 23.3 Å². The van der Waals surface area contributed by atoms with Gasteiger partial charge in [0.25, 0.3) is 0 Å². The van der Waals surface area contributed by atoms with E-state index in [2.05, 4.69) is 15.6 Å². The molecule has 1 aromatic rings. The van der Waals surface area contributed by atoms with Crippen molar-refractivity contribution in [2.75, 3.05) is 25.1 Å². The van der Waals surface area contributed by atoms with Gasteiger partial charge in [0.15, 0.2) is 0 Å². The Morgan fingerprint density at radius 2 is 2.37 bits per heavy atom. The Labute approximate surface area is 115 Å². The van der Waals surface area contributed by atoms with Gasteiger partial charge in [-0.25, -0.2) is 14.7 Å². The summed E-state index contributed by atoms with van der Waals surface area (Å²) in [7, 11) is 1.37. The fourth-order valence-electron chi connectivity index (χ4n) is 2.10. The maximum atomic E-state index is 13.4. The molecule has 0 radical (unpaired) electrons. The highest BCUT2D eigenvalue weighted by Gasteiger charge is 2.24. The second-order valence-corrected chi connectivity index (χ2v) is 4.72. The highest BCUT2D eigenvalue weighted by molar-refractivity contribution is 6.30. The molecular formula is C12H15ClFN3O2. The third kappa shape index (κ3) is 3.48. The largest absolute Gasteiger partial charge is 0.369 e. The van der Waals surface area contributed by atoms with Crippen molar-refractivity contribution in [3.8, 4) is 0 Å². The molecule has 0 bridgehead atoms. The zero-order valence-electron chi connectivity index (χ0n) is 10.5. The number of anilines is 1. The Balaban J connectivity index is 1.94. The fraction of sp³-hybridized carbons (Fsp3) is 0.417. The molecule has 1 aliphatic heterocycles. The first kappa shape index (κ1) is 13.9. The van der Waals surface area contributed by atoms with Crippen molar-refractivity contribution in [3.05, 3.63) is 29.0 Å². The average molecular weight is 288 g/mol. The van der Waals surface area contributed by atoms with Crippen molar-refractivity contribution in [1.29, 1.82) is 0 Å². The van der Waals surface area contributed by atoms with Gasteiger partial charge in [-0.05, 0) is 24.6 Å². The van der Waals surface area contributed by atoms with Crippen LogP contribution in [0.1, 0.15) is 6.42 Å². The SMILES string of the molecule is CONC(=O)N[C@H]1CCN(c2ccc(Cl)c(F)c2)C1. The maximum Gasteiger partial charge on any atom is 0.338 e. The second kappa shape index (κ2) is 6.08. The minimum Gasteiger partial charge on any atom is -0.369 e. The van der Waals surface area contributed by atoms with Crippen molar-refractivity contribution < 1.29 is 14.0 Å². The number of halogens is 2. The van der Waals surface area contributed by atoms with E-state index in [1.807, 2.05) is 4.90 Å². The summed E-state index contributed by atoms with van der Waals surface area (Å²) >= 11 is 5.65. The molecule has 1 saturated heterocycles. The number of nitrogens with one attached hydrogen (secondary N) is 2. The monoisotopic (exact) mass is 287 g/mol. The summed E-state index contributed by atoms with van der Waals surface area (Å²) in [4.78, 5) is 17.8. The first-order valence-corrected chi connectivity index (χ1v) is 6.27. The Bertz CT molecular complexity index is 472. The minimum absolute atomic E-state index is 0.00823. The topological polar surface area (TPSA) is 53.6 Å². The number of benzene rings is 1. The third-order valence-electron chi connectivity index (χ3n) is 2.99. The number of nitrogens with zero attached hydrogens (tertiary/aromatic N) is 1. The van der Waals surface area contributed by atoms with Gasteiger partial charge in [0.1, 0.15) is 5.82 Å². The van der Waals surface area contributed by atoms with Crippen molar-refractivity contribution in [3.63, 3.8) is 0 Å². The highest BCUT2D eigenvalue weighted by Crippen LogP contribution is 2.24. The lowest BCUT2D eigenvalue weighted by Crippen LogP contribution is -2.42. The molecule has 19 heavy (non-hydrogen) atoms. The molecule has 1 aliphatic rings. The van der Waals surface area contributed by atoms with Gasteiger partial charge in [0, 0.05) is 24.8 Å². The molecule has 2 rings (SSSR count). The molecule has 5 nitrogen and oxygen atoms in total. The van der Waals surface area contributed by atoms with Gasteiger partial charge in [0.2, 0.25) is 0 Å². The molecule has 104 valence electrons. The van der Waals surface area contributed by atoms with Gasteiger partial charge >= 0.3 is 6.03 Å². The zero-order chi connectivity index (χ0) is 13.8. The lowest BCUT2D eigenvalue weighted by molar-refractivity contribution is 0.106. The molecule has 2 N–H and O–H groups in total. The van der Waals surface area contributed by atoms with Crippen molar-refractivity contribution in [2.45, 2.75) is 12.5 Å². The maximum absolute atomic E-state index is 13.4. The fourth-order valence-corrected chi connectivity index (χ4v) is 2.22. The Hall–Kier alpha value is -1.53. The molecule has 1 heterocycles. The summed E-state index contributed by atoms with van der Waals surface area (Å²) < 4.78 is 13.4. The molecule has 7 heteroatoms. The van der Waals surface area contributed by atoms with E-state index in [9.17, 15) is 9.18 Å². The zero-order valence-corrected chi connectivity index (χ0v) is 11.2. The quantitative estimate of drug-likeness (QED) is 0.835. The number of urea groups is 1. The lowest BCUT2D eigenvalue weighted by atomic mass is 10.2. The summed E-state index contributed by atoms with van der Waals surface area (Å²) in [6.07, 6.45) is 0.793. The van der Waals surface area contributed by atoms with Gasteiger partial charge in [0.05, 0.1) is 12.1 Å². The van der Waals surface area contributed by atoms with Gasteiger partial charge in [-0.15, -0.1) is 0 Å². The number of hydrogen-bond acceptors (Lipinski definition) is 3. The number of carbonyl (C=O) groups is 1. The van der Waals surface area contributed by atoms with Crippen LogP contribution in [-0.2, 0) is 4.84 Å². The van der Waals surface area contributed by atoms with Crippen LogP contribution in [0.2, 0.25) is 5.02 Å². The summed E-state index contributed by atoms with van der Waals surface area (Å²) in [5, 5.41) is 2.88. The van der Waals surface area contributed by atoms with E-state index in [-0.39, 0.29) is 17.1 Å². The van der Waals surface area contributed by atoms with Crippen LogP contribution < -0.4 is 15.7 Å². The van der Waals surface area contributed by atoms with Crippen LogP contribution in [0.5, 0.6) is 0 Å². The van der Waals surface area contributed by atoms with Gasteiger partial charge in [-0.2, -0.15) is 0 Å². The molecular weight excluding hydrogens is 273 g/mol. The van der Waals surface area contributed by atoms with Crippen LogP contribution in [0.15, 0.2) is 18.2 Å². The van der Waals surface area contributed by atoms with Crippen molar-refractivity contribution in [1.82, 2.24) is 10.8 Å². The van der Waals surface area contributed by atoms with Crippen LogP contribution in [0.3, 0.4) is 0 Å². The molecule has 1 atom stereocenters. The second-order valence-electron chi connectivity index (χ2n) is 4.31. The number of hydroxylamine groups is 1. The van der Waals surface area contributed by atoms with Gasteiger partial charge in [-0.3, -0.25) is 4.84 Å². The summed E-state index contributed by atoms with van der Waals surface area (Å²) in [6, 6.07) is 4.33. The molecule has 0 aliphatic carbocycles. The standard InChI is InChI=1S/C12H15ClFN3O2/c1-19-16-12(18)15-8-4-5-17(7-8)9-2-3-10(13)11(14)6-9/h2-3,6,8H,4-5,7H2,1H3,(H2,15,16,18)/t8-/m0/s1. The van der Waals surface area contributed by atoms with Crippen LogP contribution in [-0.4, -0.2) is 32.3 Å². The van der Waals surface area contributed by atoms with E-state index in [1.54, 1.807) is 6.07 Å². The number of amides is 2. The van der Waals surface area contributed by atoms with E-state index < -0.39 is 5.82 Å². The molecule has 0 saturated carbocycles. The molecule has 1 fully saturated rings. The summed E-state index contributed by atoms with van der Waals surface area (Å²) in [5.74, 6) is -0.437. The summed E-state index contributed by atoms with van der Waals surface area (Å²) in [6.45, 7) is 1.37. The molecule has 2 amide bonds. The molecule has 0 aromatic heterocycles. The predicted molar refractivity (Wildman–Crippen MR) is 70.7 cm³/mol. The minimum atomic E-state index is -0.437. The van der Waals surface area contributed by atoms with E-state index in [1.165, 1.54) is 19.2 Å². The Kier molecular flexibility index (Phi) is 4.44.